The minimum atomic E-state index is -0.524. The first-order valence-electron chi connectivity index (χ1n) is 10.7. The second-order valence-electron chi connectivity index (χ2n) is 7.55. The maximum absolute atomic E-state index is 12.1. The van der Waals surface area contributed by atoms with E-state index >= 15 is 0 Å². The van der Waals surface area contributed by atoms with Crippen LogP contribution >= 0.6 is 11.6 Å². The predicted octanol–water partition coefficient (Wildman–Crippen LogP) is 3.81. The molecule has 10 heteroatoms. The van der Waals surface area contributed by atoms with E-state index in [-0.39, 0.29) is 19.3 Å². The molecule has 0 unspecified atom stereocenters. The molecule has 0 saturated carbocycles. The maximum Gasteiger partial charge on any atom is 0.338 e. The summed E-state index contributed by atoms with van der Waals surface area (Å²) >= 11 is 5.79. The highest BCUT2D eigenvalue weighted by Crippen LogP contribution is 2.23. The van der Waals surface area contributed by atoms with Crippen molar-refractivity contribution in [2.24, 2.45) is 5.10 Å². The number of esters is 1. The first kappa shape index (κ1) is 25.5. The van der Waals surface area contributed by atoms with E-state index in [4.69, 9.17) is 25.5 Å². The highest BCUT2D eigenvalue weighted by atomic mass is 35.5. The van der Waals surface area contributed by atoms with Crippen molar-refractivity contribution in [2.75, 3.05) is 13.2 Å². The van der Waals surface area contributed by atoms with Crippen LogP contribution in [0.5, 0.6) is 5.75 Å². The number of carbonyl (C=O) groups is 3. The number of hydrogen-bond donors (Lipinski definition) is 2. The Hall–Kier alpha value is -4.11. The SMILES string of the molecule is CC(C)OC(=O)c1cccc(-c2ccc(/C=N\NC(=O)CNC(=O)COc3ccc(Cl)cc3)o2)c1. The Morgan fingerprint density at radius 2 is 1.83 bits per heavy atom. The molecule has 0 aliphatic carbocycles. The molecule has 9 nitrogen and oxygen atoms in total. The molecular formula is C25H24ClN3O6. The lowest BCUT2D eigenvalue weighted by Crippen LogP contribution is -2.37. The van der Waals surface area contributed by atoms with Crippen molar-refractivity contribution in [3.05, 3.63) is 77.0 Å². The minimum absolute atomic E-state index is 0.219. The van der Waals surface area contributed by atoms with Crippen LogP contribution in [0.25, 0.3) is 11.3 Å². The van der Waals surface area contributed by atoms with E-state index in [2.05, 4.69) is 15.8 Å². The second kappa shape index (κ2) is 12.4. The topological polar surface area (TPSA) is 119 Å². The Labute approximate surface area is 207 Å². The summed E-state index contributed by atoms with van der Waals surface area (Å²) in [6, 6.07) is 16.8. The van der Waals surface area contributed by atoms with Gasteiger partial charge in [-0.25, -0.2) is 10.2 Å². The Kier molecular flexibility index (Phi) is 9.02. The van der Waals surface area contributed by atoms with Crippen LogP contribution in [-0.2, 0) is 14.3 Å². The zero-order valence-electron chi connectivity index (χ0n) is 19.1. The lowest BCUT2D eigenvalue weighted by Gasteiger charge is -2.08. The number of furan rings is 1. The first-order chi connectivity index (χ1) is 16.8. The molecule has 3 aromatic rings. The van der Waals surface area contributed by atoms with Crippen molar-refractivity contribution in [3.8, 4) is 17.1 Å². The first-order valence-corrected chi connectivity index (χ1v) is 11.1. The van der Waals surface area contributed by atoms with Crippen LogP contribution in [0.3, 0.4) is 0 Å². The fraction of sp³-hybridized carbons (Fsp3) is 0.200. The van der Waals surface area contributed by atoms with Crippen LogP contribution in [0, 0.1) is 0 Å². The van der Waals surface area contributed by atoms with Gasteiger partial charge in [-0.15, -0.1) is 0 Å². The van der Waals surface area contributed by atoms with Gasteiger partial charge in [0.05, 0.1) is 24.4 Å². The Bertz CT molecular complexity index is 1200. The van der Waals surface area contributed by atoms with E-state index in [0.29, 0.717) is 33.4 Å². The Morgan fingerprint density at radius 3 is 2.57 bits per heavy atom. The molecule has 0 aliphatic rings. The van der Waals surface area contributed by atoms with Crippen molar-refractivity contribution in [2.45, 2.75) is 20.0 Å². The number of halogens is 1. The van der Waals surface area contributed by atoms with E-state index in [0.717, 1.165) is 0 Å². The van der Waals surface area contributed by atoms with Crippen molar-refractivity contribution < 1.29 is 28.3 Å². The summed E-state index contributed by atoms with van der Waals surface area (Å²) in [6.07, 6.45) is 1.10. The van der Waals surface area contributed by atoms with Gasteiger partial charge in [-0.1, -0.05) is 23.7 Å². The average molecular weight is 498 g/mol. The van der Waals surface area contributed by atoms with Crippen LogP contribution < -0.4 is 15.5 Å². The monoisotopic (exact) mass is 497 g/mol. The average Bonchev–Trinajstić information content (AvgIpc) is 3.31. The molecule has 0 fully saturated rings. The molecule has 182 valence electrons. The summed E-state index contributed by atoms with van der Waals surface area (Å²) in [7, 11) is 0. The van der Waals surface area contributed by atoms with Gasteiger partial charge in [0.15, 0.2) is 6.61 Å². The number of nitrogens with one attached hydrogen (secondary N) is 2. The van der Waals surface area contributed by atoms with E-state index in [9.17, 15) is 14.4 Å². The number of hydrogen-bond acceptors (Lipinski definition) is 7. The van der Waals surface area contributed by atoms with E-state index in [1.165, 1.54) is 6.21 Å². The predicted molar refractivity (Wildman–Crippen MR) is 130 cm³/mol. The molecular weight excluding hydrogens is 474 g/mol. The third-order valence-electron chi connectivity index (χ3n) is 4.36. The summed E-state index contributed by atoms with van der Waals surface area (Å²) < 4.78 is 16.2. The van der Waals surface area contributed by atoms with Crippen LogP contribution in [0.15, 0.2) is 70.2 Å². The van der Waals surface area contributed by atoms with E-state index in [1.807, 2.05) is 0 Å². The van der Waals surface area contributed by atoms with Gasteiger partial charge in [0.2, 0.25) is 0 Å². The third kappa shape index (κ3) is 8.31. The molecule has 0 atom stereocenters. The molecule has 3 rings (SSSR count). The minimum Gasteiger partial charge on any atom is -0.484 e. The van der Waals surface area contributed by atoms with Crippen molar-refractivity contribution in [1.82, 2.24) is 10.7 Å². The zero-order valence-corrected chi connectivity index (χ0v) is 19.9. The summed E-state index contributed by atoms with van der Waals surface area (Å²) in [6.45, 7) is 3.04. The summed E-state index contributed by atoms with van der Waals surface area (Å²) in [5, 5.41) is 6.80. The number of nitrogens with zero attached hydrogens (tertiary/aromatic N) is 1. The molecule has 35 heavy (non-hydrogen) atoms. The number of benzene rings is 2. The normalized spacial score (nSPS) is 10.9. The van der Waals surface area contributed by atoms with Gasteiger partial charge in [-0.3, -0.25) is 9.59 Å². The van der Waals surface area contributed by atoms with Crippen molar-refractivity contribution in [3.63, 3.8) is 0 Å². The van der Waals surface area contributed by atoms with Crippen LogP contribution in [0.1, 0.15) is 30.0 Å². The van der Waals surface area contributed by atoms with Gasteiger partial charge in [-0.05, 0) is 62.4 Å². The Balaban J connectivity index is 1.44. The third-order valence-corrected chi connectivity index (χ3v) is 4.62. The number of carbonyl (C=O) groups excluding carboxylic acids is 3. The molecule has 2 amide bonds. The number of rotatable bonds is 10. The number of hydrazone groups is 1. The zero-order chi connectivity index (χ0) is 25.2. The van der Waals surface area contributed by atoms with E-state index < -0.39 is 17.8 Å². The fourth-order valence-electron chi connectivity index (χ4n) is 2.78. The highest BCUT2D eigenvalue weighted by molar-refractivity contribution is 6.30. The molecule has 2 aromatic carbocycles. The highest BCUT2D eigenvalue weighted by Gasteiger charge is 2.12. The van der Waals surface area contributed by atoms with Crippen LogP contribution in [-0.4, -0.2) is 43.3 Å². The smallest absolute Gasteiger partial charge is 0.338 e. The quantitative estimate of drug-likeness (QED) is 0.250. The summed E-state index contributed by atoms with van der Waals surface area (Å²) in [4.78, 5) is 35.8. The number of amides is 2. The molecule has 0 saturated heterocycles. The number of ether oxygens (including phenoxy) is 2. The Morgan fingerprint density at radius 1 is 1.06 bits per heavy atom. The van der Waals surface area contributed by atoms with Gasteiger partial charge in [0.25, 0.3) is 11.8 Å². The van der Waals surface area contributed by atoms with E-state index in [1.54, 1.807) is 74.5 Å². The molecule has 1 aromatic heterocycles. The molecule has 1 heterocycles. The molecule has 0 aliphatic heterocycles. The fourth-order valence-corrected chi connectivity index (χ4v) is 2.90. The standard InChI is InChI=1S/C25H24ClN3O6/c1-16(2)34-25(32)18-5-3-4-17(12-18)22-11-10-21(35-22)13-28-29-23(30)14-27-24(31)15-33-20-8-6-19(26)7-9-20/h3-13,16H,14-15H2,1-2H3,(H,27,31)(H,29,30)/b28-13-. The summed E-state index contributed by atoms with van der Waals surface area (Å²) in [5.74, 6) is -0.0144. The van der Waals surface area contributed by atoms with Gasteiger partial charge in [0.1, 0.15) is 17.3 Å². The van der Waals surface area contributed by atoms with Gasteiger partial charge >= 0.3 is 5.97 Å². The molecule has 0 bridgehead atoms. The van der Waals surface area contributed by atoms with Crippen molar-refractivity contribution >= 4 is 35.6 Å². The van der Waals surface area contributed by atoms with Crippen LogP contribution in [0.4, 0.5) is 0 Å². The lowest BCUT2D eigenvalue weighted by molar-refractivity contribution is -0.127. The maximum atomic E-state index is 12.1. The van der Waals surface area contributed by atoms with Gasteiger partial charge in [-0.2, -0.15) is 5.10 Å². The van der Waals surface area contributed by atoms with Gasteiger partial charge < -0.3 is 19.2 Å². The van der Waals surface area contributed by atoms with Crippen molar-refractivity contribution in [1.29, 1.82) is 0 Å². The second-order valence-corrected chi connectivity index (χ2v) is 7.99. The lowest BCUT2D eigenvalue weighted by atomic mass is 10.1. The van der Waals surface area contributed by atoms with Crippen LogP contribution in [0.2, 0.25) is 5.02 Å². The molecule has 0 spiro atoms. The van der Waals surface area contributed by atoms with Gasteiger partial charge in [0, 0.05) is 10.6 Å². The summed E-state index contributed by atoms with van der Waals surface area (Å²) in [5.41, 5.74) is 3.40. The molecule has 0 radical (unpaired) electrons. The molecule has 2 N–H and O–H groups in total. The largest absolute Gasteiger partial charge is 0.484 e.